The fourth-order valence-corrected chi connectivity index (χ4v) is 3.96. The van der Waals surface area contributed by atoms with Crippen molar-refractivity contribution in [2.75, 3.05) is 5.73 Å². The molecule has 0 spiro atoms. The number of anilines is 1. The van der Waals surface area contributed by atoms with Gasteiger partial charge in [0, 0.05) is 6.04 Å². The summed E-state index contributed by atoms with van der Waals surface area (Å²) in [5.74, 6) is -0.587. The fourth-order valence-electron chi connectivity index (χ4n) is 2.08. The van der Waals surface area contributed by atoms with Crippen molar-refractivity contribution >= 4 is 15.7 Å². The van der Waals surface area contributed by atoms with Crippen molar-refractivity contribution in [1.82, 2.24) is 4.72 Å². The first-order chi connectivity index (χ1) is 8.74. The van der Waals surface area contributed by atoms with Gasteiger partial charge < -0.3 is 5.73 Å². The van der Waals surface area contributed by atoms with Gasteiger partial charge in [-0.1, -0.05) is 13.8 Å². The smallest absolute Gasteiger partial charge is 0.241 e. The Kier molecular flexibility index (Phi) is 4.92. The molecule has 19 heavy (non-hydrogen) atoms. The maximum atomic E-state index is 13.5. The molecule has 0 aliphatic carbocycles. The minimum atomic E-state index is -3.68. The predicted molar refractivity (Wildman–Crippen MR) is 75.0 cm³/mol. The largest absolute Gasteiger partial charge is 0.396 e. The van der Waals surface area contributed by atoms with E-state index in [4.69, 9.17) is 5.73 Å². The molecule has 0 unspecified atom stereocenters. The van der Waals surface area contributed by atoms with Gasteiger partial charge in [-0.05, 0) is 43.9 Å². The topological polar surface area (TPSA) is 72.2 Å². The molecule has 0 aromatic heterocycles. The van der Waals surface area contributed by atoms with Gasteiger partial charge >= 0.3 is 0 Å². The van der Waals surface area contributed by atoms with Crippen LogP contribution in [0.1, 0.15) is 37.8 Å². The number of aryl methyl sites for hydroxylation is 1. The Morgan fingerprint density at radius 1 is 1.32 bits per heavy atom. The lowest BCUT2D eigenvalue weighted by Gasteiger charge is -2.18. The first-order valence-corrected chi connectivity index (χ1v) is 7.80. The first kappa shape index (κ1) is 15.9. The molecule has 3 N–H and O–H groups in total. The quantitative estimate of drug-likeness (QED) is 0.818. The molecule has 0 radical (unpaired) electrons. The standard InChI is InChI=1S/C13H21FN2O2S/c1-5-10(6-2)16-19(17,18)13-8(3)7-11(14)12(15)9(13)4/h7,10,16H,5-6,15H2,1-4H3. The van der Waals surface area contributed by atoms with Gasteiger partial charge in [-0.25, -0.2) is 17.5 Å². The van der Waals surface area contributed by atoms with Crippen LogP contribution in [0.5, 0.6) is 0 Å². The zero-order valence-electron chi connectivity index (χ0n) is 11.7. The number of sulfonamides is 1. The van der Waals surface area contributed by atoms with Crippen LogP contribution in [0, 0.1) is 19.7 Å². The minimum Gasteiger partial charge on any atom is -0.396 e. The van der Waals surface area contributed by atoms with Gasteiger partial charge in [0.15, 0.2) is 0 Å². The Balaban J connectivity index is 3.34. The SMILES string of the molecule is CCC(CC)NS(=O)(=O)c1c(C)cc(F)c(N)c1C. The van der Waals surface area contributed by atoms with Crippen LogP contribution in [-0.4, -0.2) is 14.5 Å². The van der Waals surface area contributed by atoms with Crippen molar-refractivity contribution in [1.29, 1.82) is 0 Å². The molecule has 0 saturated heterocycles. The van der Waals surface area contributed by atoms with Gasteiger partial charge in [0.1, 0.15) is 5.82 Å². The van der Waals surface area contributed by atoms with E-state index in [1.54, 1.807) is 6.92 Å². The predicted octanol–water partition coefficient (Wildman–Crippen LogP) is 2.49. The number of hydrogen-bond acceptors (Lipinski definition) is 3. The van der Waals surface area contributed by atoms with Crippen LogP contribution in [0.2, 0.25) is 0 Å². The Morgan fingerprint density at radius 3 is 2.32 bits per heavy atom. The van der Waals surface area contributed by atoms with E-state index in [1.807, 2.05) is 13.8 Å². The number of benzene rings is 1. The van der Waals surface area contributed by atoms with Crippen LogP contribution < -0.4 is 10.5 Å². The molecule has 0 heterocycles. The van der Waals surface area contributed by atoms with E-state index in [-0.39, 0.29) is 22.2 Å². The monoisotopic (exact) mass is 288 g/mol. The fraction of sp³-hybridized carbons (Fsp3) is 0.538. The normalized spacial score (nSPS) is 12.1. The van der Waals surface area contributed by atoms with Gasteiger partial charge in [0.2, 0.25) is 10.0 Å². The number of rotatable bonds is 5. The Morgan fingerprint density at radius 2 is 1.84 bits per heavy atom. The molecular formula is C13H21FN2O2S. The van der Waals surface area contributed by atoms with Crippen LogP contribution in [0.3, 0.4) is 0 Å². The number of nitrogens with one attached hydrogen (secondary N) is 1. The number of nitrogen functional groups attached to an aromatic ring is 1. The maximum Gasteiger partial charge on any atom is 0.241 e. The van der Waals surface area contributed by atoms with Crippen molar-refractivity contribution in [2.45, 2.75) is 51.5 Å². The average Bonchev–Trinajstić information content (AvgIpc) is 2.32. The third-order valence-electron chi connectivity index (χ3n) is 3.28. The van der Waals surface area contributed by atoms with Crippen molar-refractivity contribution in [3.63, 3.8) is 0 Å². The lowest BCUT2D eigenvalue weighted by molar-refractivity contribution is 0.529. The molecule has 0 fully saturated rings. The number of halogens is 1. The molecule has 1 aromatic carbocycles. The van der Waals surface area contributed by atoms with Crippen molar-refractivity contribution in [3.05, 3.63) is 23.0 Å². The van der Waals surface area contributed by atoms with Crippen molar-refractivity contribution in [3.8, 4) is 0 Å². The summed E-state index contributed by atoms with van der Waals surface area (Å²) >= 11 is 0. The number of hydrogen-bond donors (Lipinski definition) is 2. The Labute approximate surface area is 114 Å². The molecule has 0 aliphatic rings. The maximum absolute atomic E-state index is 13.5. The third kappa shape index (κ3) is 3.25. The molecule has 1 rings (SSSR count). The van der Waals surface area contributed by atoms with Gasteiger partial charge in [0.25, 0.3) is 0 Å². The van der Waals surface area contributed by atoms with Gasteiger partial charge in [0.05, 0.1) is 10.6 Å². The highest BCUT2D eigenvalue weighted by molar-refractivity contribution is 7.89. The second-order valence-corrected chi connectivity index (χ2v) is 6.33. The van der Waals surface area contributed by atoms with Crippen LogP contribution >= 0.6 is 0 Å². The molecule has 0 bridgehead atoms. The van der Waals surface area contributed by atoms with E-state index in [0.29, 0.717) is 18.4 Å². The van der Waals surface area contributed by atoms with Crippen LogP contribution in [0.4, 0.5) is 10.1 Å². The summed E-state index contributed by atoms with van der Waals surface area (Å²) < 4.78 is 40.8. The lowest BCUT2D eigenvalue weighted by Crippen LogP contribution is -2.34. The third-order valence-corrected chi connectivity index (χ3v) is 5.09. The second-order valence-electron chi connectivity index (χ2n) is 4.68. The van der Waals surface area contributed by atoms with E-state index in [9.17, 15) is 12.8 Å². The highest BCUT2D eigenvalue weighted by Gasteiger charge is 2.24. The molecule has 108 valence electrons. The molecule has 4 nitrogen and oxygen atoms in total. The zero-order chi connectivity index (χ0) is 14.8. The Bertz CT molecular complexity index is 566. The van der Waals surface area contributed by atoms with E-state index in [2.05, 4.69) is 4.72 Å². The lowest BCUT2D eigenvalue weighted by atomic mass is 10.1. The van der Waals surface area contributed by atoms with Crippen molar-refractivity contribution in [2.24, 2.45) is 0 Å². The molecule has 0 saturated carbocycles. The molecule has 0 amide bonds. The van der Waals surface area contributed by atoms with E-state index in [1.165, 1.54) is 6.92 Å². The molecule has 0 aliphatic heterocycles. The second kappa shape index (κ2) is 5.88. The number of nitrogens with two attached hydrogens (primary N) is 1. The van der Waals surface area contributed by atoms with E-state index in [0.717, 1.165) is 6.07 Å². The highest BCUT2D eigenvalue weighted by Crippen LogP contribution is 2.27. The average molecular weight is 288 g/mol. The van der Waals surface area contributed by atoms with Crippen molar-refractivity contribution < 1.29 is 12.8 Å². The summed E-state index contributed by atoms with van der Waals surface area (Å²) in [7, 11) is -3.68. The molecule has 1 aromatic rings. The minimum absolute atomic E-state index is 0.0818. The highest BCUT2D eigenvalue weighted by atomic mass is 32.2. The van der Waals surface area contributed by atoms with Crippen LogP contribution in [0.15, 0.2) is 11.0 Å². The summed E-state index contributed by atoms with van der Waals surface area (Å²) in [6, 6.07) is 1.03. The van der Waals surface area contributed by atoms with Crippen LogP contribution in [0.25, 0.3) is 0 Å². The first-order valence-electron chi connectivity index (χ1n) is 6.32. The summed E-state index contributed by atoms with van der Waals surface area (Å²) in [5.41, 5.74) is 6.09. The Hall–Kier alpha value is -1.14. The van der Waals surface area contributed by atoms with E-state index >= 15 is 0 Å². The van der Waals surface area contributed by atoms with Gasteiger partial charge in [-0.15, -0.1) is 0 Å². The molecular weight excluding hydrogens is 267 g/mol. The summed E-state index contributed by atoms with van der Waals surface area (Å²) in [6.45, 7) is 6.91. The van der Waals surface area contributed by atoms with E-state index < -0.39 is 15.8 Å². The summed E-state index contributed by atoms with van der Waals surface area (Å²) in [6.07, 6.45) is 1.40. The zero-order valence-corrected chi connectivity index (χ0v) is 12.6. The summed E-state index contributed by atoms with van der Waals surface area (Å²) in [4.78, 5) is 0.0818. The molecule has 0 atom stereocenters. The van der Waals surface area contributed by atoms with Gasteiger partial charge in [-0.2, -0.15) is 0 Å². The summed E-state index contributed by atoms with van der Waals surface area (Å²) in [5, 5.41) is 0. The molecule has 6 heteroatoms. The van der Waals surface area contributed by atoms with Gasteiger partial charge in [-0.3, -0.25) is 0 Å². The van der Waals surface area contributed by atoms with Crippen LogP contribution in [-0.2, 0) is 10.0 Å².